The third-order valence-corrected chi connectivity index (χ3v) is 2.56. The van der Waals surface area contributed by atoms with Gasteiger partial charge < -0.3 is 14.8 Å². The van der Waals surface area contributed by atoms with Crippen LogP contribution in [-0.4, -0.2) is 30.4 Å². The Morgan fingerprint density at radius 2 is 1.86 bits per heavy atom. The van der Waals surface area contributed by atoms with Gasteiger partial charge in [-0.3, -0.25) is 4.79 Å². The molecule has 0 bridgehead atoms. The summed E-state index contributed by atoms with van der Waals surface area (Å²) in [5, 5.41) is 2.32. The van der Waals surface area contributed by atoms with E-state index in [-0.39, 0.29) is 13.0 Å². The topological polar surface area (TPSA) is 64.6 Å². The third kappa shape index (κ3) is 7.61. The molecule has 0 aliphatic heterocycles. The molecular formula is C16H22FNO4. The van der Waals surface area contributed by atoms with Crippen LogP contribution in [0.2, 0.25) is 0 Å². The minimum Gasteiger partial charge on any atom is -0.461 e. The number of ether oxygens (including phenoxy) is 2. The number of hydrogen-bond acceptors (Lipinski definition) is 4. The largest absolute Gasteiger partial charge is 0.461 e. The van der Waals surface area contributed by atoms with Crippen molar-refractivity contribution in [3.05, 3.63) is 35.9 Å². The van der Waals surface area contributed by atoms with Gasteiger partial charge in [0, 0.05) is 0 Å². The lowest BCUT2D eigenvalue weighted by Gasteiger charge is -2.22. The average Bonchev–Trinajstić information content (AvgIpc) is 2.43. The van der Waals surface area contributed by atoms with Gasteiger partial charge in [0.15, 0.2) is 0 Å². The number of rotatable bonds is 6. The van der Waals surface area contributed by atoms with Gasteiger partial charge in [-0.25, -0.2) is 9.18 Å². The van der Waals surface area contributed by atoms with Crippen LogP contribution in [0, 0.1) is 0 Å². The SMILES string of the molecule is CC(C)(C)OC(=O)N[C@@H](CF)CC(=O)OCc1ccccc1. The first-order valence-corrected chi connectivity index (χ1v) is 7.05. The summed E-state index contributed by atoms with van der Waals surface area (Å²) >= 11 is 0. The second-order valence-corrected chi connectivity index (χ2v) is 5.85. The summed E-state index contributed by atoms with van der Waals surface area (Å²) in [5.41, 5.74) is 0.159. The Kier molecular flexibility index (Phi) is 6.82. The normalized spacial score (nSPS) is 12.4. The molecule has 0 saturated carbocycles. The van der Waals surface area contributed by atoms with Crippen LogP contribution in [0.25, 0.3) is 0 Å². The Hall–Kier alpha value is -2.11. The fourth-order valence-corrected chi connectivity index (χ4v) is 1.62. The molecule has 0 unspecified atom stereocenters. The molecule has 122 valence electrons. The standard InChI is InChI=1S/C16H22FNO4/c1-16(2,3)22-15(20)18-13(10-17)9-14(19)21-11-12-7-5-4-6-8-12/h4-8,13H,9-11H2,1-3H3,(H,18,20)/t13-/m1/s1. The summed E-state index contributed by atoms with van der Waals surface area (Å²) in [6.45, 7) is 4.34. The predicted octanol–water partition coefficient (Wildman–Crippen LogP) is 2.98. The predicted molar refractivity (Wildman–Crippen MR) is 80.0 cm³/mol. The Labute approximate surface area is 129 Å². The maximum Gasteiger partial charge on any atom is 0.407 e. The molecule has 0 fully saturated rings. The second kappa shape index (κ2) is 8.36. The van der Waals surface area contributed by atoms with E-state index in [1.165, 1.54) is 0 Å². The van der Waals surface area contributed by atoms with Gasteiger partial charge in [0.2, 0.25) is 0 Å². The van der Waals surface area contributed by atoms with Gasteiger partial charge in [0.25, 0.3) is 0 Å². The summed E-state index contributed by atoms with van der Waals surface area (Å²) in [5.74, 6) is -0.581. The highest BCUT2D eigenvalue weighted by Crippen LogP contribution is 2.08. The number of carbonyl (C=O) groups is 2. The average molecular weight is 311 g/mol. The smallest absolute Gasteiger partial charge is 0.407 e. The molecule has 0 radical (unpaired) electrons. The number of esters is 1. The summed E-state index contributed by atoms with van der Waals surface area (Å²) in [4.78, 5) is 23.2. The molecule has 0 aliphatic rings. The van der Waals surface area contributed by atoms with Crippen molar-refractivity contribution in [2.45, 2.75) is 45.4 Å². The van der Waals surface area contributed by atoms with Gasteiger partial charge in [-0.1, -0.05) is 30.3 Å². The first-order valence-electron chi connectivity index (χ1n) is 7.05. The fraction of sp³-hybridized carbons (Fsp3) is 0.500. The van der Waals surface area contributed by atoms with Gasteiger partial charge in [-0.2, -0.15) is 0 Å². The molecule has 1 aromatic rings. The van der Waals surface area contributed by atoms with Crippen LogP contribution in [0.5, 0.6) is 0 Å². The van der Waals surface area contributed by atoms with E-state index in [1.54, 1.807) is 20.8 Å². The molecule has 6 heteroatoms. The van der Waals surface area contributed by atoms with Crippen molar-refractivity contribution in [3.8, 4) is 0 Å². The highest BCUT2D eigenvalue weighted by Gasteiger charge is 2.21. The third-order valence-electron chi connectivity index (χ3n) is 2.56. The molecule has 0 aromatic heterocycles. The van der Waals surface area contributed by atoms with Crippen molar-refractivity contribution in [1.82, 2.24) is 5.32 Å². The Morgan fingerprint density at radius 1 is 1.23 bits per heavy atom. The van der Waals surface area contributed by atoms with Crippen molar-refractivity contribution >= 4 is 12.1 Å². The van der Waals surface area contributed by atoms with Crippen molar-refractivity contribution in [3.63, 3.8) is 0 Å². The fourth-order valence-electron chi connectivity index (χ4n) is 1.62. The molecule has 1 rings (SSSR count). The maximum absolute atomic E-state index is 12.9. The lowest BCUT2D eigenvalue weighted by atomic mass is 10.2. The van der Waals surface area contributed by atoms with Crippen LogP contribution in [0.15, 0.2) is 30.3 Å². The van der Waals surface area contributed by atoms with Crippen molar-refractivity contribution in [1.29, 1.82) is 0 Å². The van der Waals surface area contributed by atoms with Crippen molar-refractivity contribution in [2.75, 3.05) is 6.67 Å². The molecule has 1 aromatic carbocycles. The number of amides is 1. The van der Waals surface area contributed by atoms with E-state index >= 15 is 0 Å². The van der Waals surface area contributed by atoms with Gasteiger partial charge in [-0.15, -0.1) is 0 Å². The molecular weight excluding hydrogens is 289 g/mol. The number of alkyl carbamates (subject to hydrolysis) is 1. The van der Waals surface area contributed by atoms with Crippen LogP contribution in [0.1, 0.15) is 32.8 Å². The van der Waals surface area contributed by atoms with Crippen molar-refractivity contribution < 1.29 is 23.5 Å². The molecule has 0 spiro atoms. The molecule has 0 heterocycles. The number of halogens is 1. The Bertz CT molecular complexity index is 485. The van der Waals surface area contributed by atoms with E-state index in [1.807, 2.05) is 30.3 Å². The van der Waals surface area contributed by atoms with Gasteiger partial charge in [-0.05, 0) is 26.3 Å². The number of alkyl halides is 1. The Balaban J connectivity index is 2.38. The van der Waals surface area contributed by atoms with Crippen molar-refractivity contribution in [2.24, 2.45) is 0 Å². The number of benzene rings is 1. The van der Waals surface area contributed by atoms with E-state index in [0.29, 0.717) is 0 Å². The second-order valence-electron chi connectivity index (χ2n) is 5.85. The van der Waals surface area contributed by atoms with Crippen LogP contribution >= 0.6 is 0 Å². The lowest BCUT2D eigenvalue weighted by Crippen LogP contribution is -2.41. The van der Waals surface area contributed by atoms with Gasteiger partial charge in [0.05, 0.1) is 12.5 Å². The monoisotopic (exact) mass is 311 g/mol. The van der Waals surface area contributed by atoms with Gasteiger partial charge >= 0.3 is 12.1 Å². The summed E-state index contributed by atoms with van der Waals surface area (Å²) in [7, 11) is 0. The number of hydrogen-bond donors (Lipinski definition) is 1. The zero-order valence-corrected chi connectivity index (χ0v) is 13.1. The van der Waals surface area contributed by atoms with E-state index in [4.69, 9.17) is 9.47 Å². The van der Waals surface area contributed by atoms with Gasteiger partial charge in [0.1, 0.15) is 18.9 Å². The van der Waals surface area contributed by atoms with E-state index < -0.39 is 30.4 Å². The minimum atomic E-state index is -0.960. The molecule has 22 heavy (non-hydrogen) atoms. The van der Waals surface area contributed by atoms with Crippen LogP contribution in [0.4, 0.5) is 9.18 Å². The molecule has 1 atom stereocenters. The summed E-state index contributed by atoms with van der Waals surface area (Å²) in [6, 6.07) is 8.19. The molecule has 1 N–H and O–H groups in total. The zero-order valence-electron chi connectivity index (χ0n) is 13.1. The number of nitrogens with one attached hydrogen (secondary N) is 1. The highest BCUT2D eigenvalue weighted by atomic mass is 19.1. The van der Waals surface area contributed by atoms with Crippen LogP contribution < -0.4 is 5.32 Å². The van der Waals surface area contributed by atoms with E-state index in [0.717, 1.165) is 5.56 Å². The Morgan fingerprint density at radius 3 is 2.41 bits per heavy atom. The molecule has 5 nitrogen and oxygen atoms in total. The highest BCUT2D eigenvalue weighted by molar-refractivity contribution is 5.73. The molecule has 0 aliphatic carbocycles. The first kappa shape index (κ1) is 17.9. The molecule has 1 amide bonds. The van der Waals surface area contributed by atoms with E-state index in [2.05, 4.69) is 5.32 Å². The zero-order chi connectivity index (χ0) is 16.6. The maximum atomic E-state index is 12.9. The summed E-state index contributed by atoms with van der Waals surface area (Å²) in [6.07, 6.45) is -1.01. The molecule has 0 saturated heterocycles. The first-order chi connectivity index (χ1) is 10.3. The summed E-state index contributed by atoms with van der Waals surface area (Å²) < 4.78 is 23.0. The minimum absolute atomic E-state index is 0.116. The van der Waals surface area contributed by atoms with Crippen LogP contribution in [0.3, 0.4) is 0 Å². The van der Waals surface area contributed by atoms with E-state index in [9.17, 15) is 14.0 Å². The quantitative estimate of drug-likeness (QED) is 0.820. The lowest BCUT2D eigenvalue weighted by molar-refractivity contribution is -0.145. The van der Waals surface area contributed by atoms with Crippen LogP contribution in [-0.2, 0) is 20.9 Å². The number of carbonyl (C=O) groups excluding carboxylic acids is 2.